The van der Waals surface area contributed by atoms with Gasteiger partial charge in [0.05, 0.1) is 23.6 Å². The second kappa shape index (κ2) is 8.05. The molecule has 0 N–H and O–H groups in total. The van der Waals surface area contributed by atoms with E-state index in [0.717, 1.165) is 37.1 Å². The van der Waals surface area contributed by atoms with Crippen LogP contribution in [0.2, 0.25) is 0 Å². The third-order valence-corrected chi connectivity index (χ3v) is 5.46. The molecular weight excluding hydrogens is 389 g/mol. The normalized spacial score (nSPS) is 17.0. The van der Waals surface area contributed by atoms with Crippen molar-refractivity contribution < 1.29 is 13.2 Å². The summed E-state index contributed by atoms with van der Waals surface area (Å²) in [6, 6.07) is 19.6. The number of anilines is 2. The second-order valence-corrected chi connectivity index (χ2v) is 7.98. The van der Waals surface area contributed by atoms with Gasteiger partial charge < -0.3 is 9.80 Å². The Morgan fingerprint density at radius 1 is 0.900 bits per heavy atom. The maximum Gasteiger partial charge on any atom is 0.435 e. The Morgan fingerprint density at radius 2 is 1.47 bits per heavy atom. The Hall–Kier alpha value is -2.96. The van der Waals surface area contributed by atoms with Gasteiger partial charge in [0.2, 0.25) is 0 Å². The van der Waals surface area contributed by atoms with E-state index in [0.29, 0.717) is 18.2 Å². The molecule has 30 heavy (non-hydrogen) atoms. The molecule has 0 saturated carbocycles. The van der Waals surface area contributed by atoms with Crippen molar-refractivity contribution in [2.75, 3.05) is 22.9 Å². The number of hydrogen-bond donors (Lipinski definition) is 0. The Balaban J connectivity index is 1.65. The van der Waals surface area contributed by atoms with Crippen molar-refractivity contribution >= 4 is 11.4 Å². The summed E-state index contributed by atoms with van der Waals surface area (Å²) in [4.78, 5) is 4.53. The highest BCUT2D eigenvalue weighted by Gasteiger charge is 2.35. The number of alkyl halides is 3. The number of fused-ring (bicyclic) bond motifs is 1. The number of rotatable bonds is 4. The van der Waals surface area contributed by atoms with Gasteiger partial charge in [-0.25, -0.2) is 0 Å². The molecule has 0 bridgehead atoms. The molecule has 1 aliphatic rings. The quantitative estimate of drug-likeness (QED) is 0.594. The van der Waals surface area contributed by atoms with Crippen molar-refractivity contribution in [3.63, 3.8) is 0 Å². The van der Waals surface area contributed by atoms with Gasteiger partial charge in [0.1, 0.15) is 0 Å². The Kier molecular flexibility index (Phi) is 5.45. The van der Waals surface area contributed by atoms with E-state index in [1.807, 2.05) is 36.4 Å². The Morgan fingerprint density at radius 3 is 2.03 bits per heavy atom. The molecule has 1 aromatic heterocycles. The number of aromatic nitrogens is 2. The molecule has 0 radical (unpaired) electrons. The number of hydrogen-bond acceptors (Lipinski definition) is 3. The summed E-state index contributed by atoms with van der Waals surface area (Å²) in [6.45, 7) is 4.98. The van der Waals surface area contributed by atoms with E-state index in [2.05, 4.69) is 40.0 Å². The van der Waals surface area contributed by atoms with Crippen LogP contribution in [0.4, 0.5) is 24.5 Å². The van der Waals surface area contributed by atoms with Crippen LogP contribution < -0.4 is 9.80 Å². The van der Waals surface area contributed by atoms with E-state index in [-0.39, 0.29) is 0 Å². The van der Waals surface area contributed by atoms with Crippen LogP contribution in [0.5, 0.6) is 0 Å². The van der Waals surface area contributed by atoms with Gasteiger partial charge in [-0.05, 0) is 29.7 Å². The minimum Gasteiger partial charge on any atom is -0.365 e. The first kappa shape index (κ1) is 20.3. The molecule has 4 nitrogen and oxygen atoms in total. The molecule has 1 aliphatic heterocycles. The summed E-state index contributed by atoms with van der Waals surface area (Å²) >= 11 is 0. The van der Waals surface area contributed by atoms with Crippen LogP contribution in [-0.4, -0.2) is 22.9 Å². The molecule has 0 fully saturated rings. The van der Waals surface area contributed by atoms with Crippen molar-refractivity contribution in [1.82, 2.24) is 9.78 Å². The maximum atomic E-state index is 13.1. The summed E-state index contributed by atoms with van der Waals surface area (Å²) in [5.74, 6) is 0.344. The average molecular weight is 414 g/mol. The van der Waals surface area contributed by atoms with Crippen molar-refractivity contribution in [3.8, 4) is 0 Å². The summed E-state index contributed by atoms with van der Waals surface area (Å²) in [5.41, 5.74) is 3.06. The fourth-order valence-electron chi connectivity index (χ4n) is 4.10. The predicted molar refractivity (Wildman–Crippen MR) is 112 cm³/mol. The zero-order valence-corrected chi connectivity index (χ0v) is 17.1. The standard InChI is InChI=1S/C23H25F3N4/c1-17-13-29(15-18-8-4-3-5-9-18)20-10-6-7-11-21(20)30(14-17)16-19-12-22(23(24,25)26)27-28(19)2/h3-12,17H,13-16H2,1-2H3. The Bertz CT molecular complexity index is 997. The van der Waals surface area contributed by atoms with Crippen LogP contribution >= 0.6 is 0 Å². The lowest BCUT2D eigenvalue weighted by Crippen LogP contribution is -2.30. The van der Waals surface area contributed by atoms with Crippen LogP contribution in [-0.2, 0) is 26.3 Å². The van der Waals surface area contributed by atoms with Crippen LogP contribution in [0.15, 0.2) is 60.7 Å². The highest BCUT2D eigenvalue weighted by molar-refractivity contribution is 5.72. The lowest BCUT2D eigenvalue weighted by Gasteiger charge is -2.27. The molecule has 3 aromatic rings. The number of benzene rings is 2. The van der Waals surface area contributed by atoms with E-state index in [1.165, 1.54) is 10.2 Å². The zero-order chi connectivity index (χ0) is 21.3. The molecule has 158 valence electrons. The molecule has 0 aliphatic carbocycles. The lowest BCUT2D eigenvalue weighted by atomic mass is 10.1. The monoisotopic (exact) mass is 414 g/mol. The van der Waals surface area contributed by atoms with Crippen LogP contribution in [0, 0.1) is 5.92 Å². The van der Waals surface area contributed by atoms with Gasteiger partial charge in [0.25, 0.3) is 0 Å². The third-order valence-electron chi connectivity index (χ3n) is 5.46. The molecule has 1 unspecified atom stereocenters. The number of halogens is 3. The van der Waals surface area contributed by atoms with Crippen LogP contribution in [0.1, 0.15) is 23.9 Å². The van der Waals surface area contributed by atoms with Gasteiger partial charge in [-0.1, -0.05) is 49.4 Å². The SMILES string of the molecule is CC1CN(Cc2ccccc2)c2ccccc2N(Cc2cc(C(F)(F)F)nn2C)C1. The molecule has 7 heteroatoms. The van der Waals surface area contributed by atoms with Crippen molar-refractivity contribution in [2.45, 2.75) is 26.2 Å². The molecule has 0 spiro atoms. The van der Waals surface area contributed by atoms with E-state index in [9.17, 15) is 13.2 Å². The first-order valence-corrected chi connectivity index (χ1v) is 10.0. The highest BCUT2D eigenvalue weighted by atomic mass is 19.4. The highest BCUT2D eigenvalue weighted by Crippen LogP contribution is 2.36. The number of aryl methyl sites for hydroxylation is 1. The van der Waals surface area contributed by atoms with E-state index in [4.69, 9.17) is 0 Å². The predicted octanol–water partition coefficient (Wildman–Crippen LogP) is 5.10. The largest absolute Gasteiger partial charge is 0.435 e. The maximum absolute atomic E-state index is 13.1. The molecule has 0 amide bonds. The third kappa shape index (κ3) is 4.30. The summed E-state index contributed by atoms with van der Waals surface area (Å²) in [6.07, 6.45) is -4.44. The van der Waals surface area contributed by atoms with Gasteiger partial charge in [-0.3, -0.25) is 4.68 Å². The van der Waals surface area contributed by atoms with Crippen molar-refractivity contribution in [1.29, 1.82) is 0 Å². The lowest BCUT2D eigenvalue weighted by molar-refractivity contribution is -0.141. The van der Waals surface area contributed by atoms with Crippen molar-refractivity contribution in [3.05, 3.63) is 77.6 Å². The second-order valence-electron chi connectivity index (χ2n) is 7.98. The van der Waals surface area contributed by atoms with Gasteiger partial charge in [-0.15, -0.1) is 0 Å². The minimum absolute atomic E-state index is 0.344. The van der Waals surface area contributed by atoms with E-state index in [1.54, 1.807) is 7.05 Å². The minimum atomic E-state index is -4.44. The van der Waals surface area contributed by atoms with E-state index < -0.39 is 11.9 Å². The van der Waals surface area contributed by atoms with Crippen LogP contribution in [0.3, 0.4) is 0 Å². The van der Waals surface area contributed by atoms with Crippen molar-refractivity contribution in [2.24, 2.45) is 13.0 Å². The molecular formula is C23H25F3N4. The average Bonchev–Trinajstić information content (AvgIpc) is 3.02. The first-order valence-electron chi connectivity index (χ1n) is 10.0. The van der Waals surface area contributed by atoms with Crippen LogP contribution in [0.25, 0.3) is 0 Å². The zero-order valence-electron chi connectivity index (χ0n) is 17.1. The first-order chi connectivity index (χ1) is 14.3. The van der Waals surface area contributed by atoms with E-state index >= 15 is 0 Å². The molecule has 0 saturated heterocycles. The molecule has 4 rings (SSSR count). The summed E-state index contributed by atoms with van der Waals surface area (Å²) in [5, 5.41) is 3.67. The fourth-order valence-corrected chi connectivity index (χ4v) is 4.10. The molecule has 2 aromatic carbocycles. The molecule has 1 atom stereocenters. The van der Waals surface area contributed by atoms with Gasteiger partial charge >= 0.3 is 6.18 Å². The summed E-state index contributed by atoms with van der Waals surface area (Å²) in [7, 11) is 1.57. The number of para-hydroxylation sites is 2. The Labute approximate surface area is 174 Å². The van der Waals surface area contributed by atoms with Gasteiger partial charge in [-0.2, -0.15) is 18.3 Å². The topological polar surface area (TPSA) is 24.3 Å². The molecule has 2 heterocycles. The smallest absolute Gasteiger partial charge is 0.365 e. The van der Waals surface area contributed by atoms with Gasteiger partial charge in [0.15, 0.2) is 5.69 Å². The number of nitrogens with zero attached hydrogens (tertiary/aromatic N) is 4. The summed E-state index contributed by atoms with van der Waals surface area (Å²) < 4.78 is 40.6. The van der Waals surface area contributed by atoms with Gasteiger partial charge in [0, 0.05) is 26.7 Å². The fraction of sp³-hybridized carbons (Fsp3) is 0.348.